The molecule has 3 rings (SSSR count). The lowest BCUT2D eigenvalue weighted by molar-refractivity contribution is 0.0950. The quantitative estimate of drug-likeness (QED) is 0.778. The summed E-state index contributed by atoms with van der Waals surface area (Å²) in [4.78, 5) is 12.3. The molecule has 118 valence electrons. The van der Waals surface area contributed by atoms with Gasteiger partial charge in [0, 0.05) is 35.8 Å². The summed E-state index contributed by atoms with van der Waals surface area (Å²) in [7, 11) is 2.07. The molecular formula is C20H22N2O. The van der Waals surface area contributed by atoms with Gasteiger partial charge in [0.15, 0.2) is 0 Å². The van der Waals surface area contributed by atoms with Crippen molar-refractivity contribution in [1.29, 1.82) is 0 Å². The Kier molecular flexibility index (Phi) is 3.95. The van der Waals surface area contributed by atoms with Gasteiger partial charge < -0.3 is 9.88 Å². The molecule has 1 N–H and O–H groups in total. The maximum absolute atomic E-state index is 12.3. The van der Waals surface area contributed by atoms with Gasteiger partial charge in [0.2, 0.25) is 0 Å². The molecule has 0 spiro atoms. The molecule has 1 amide bonds. The second kappa shape index (κ2) is 5.92. The minimum Gasteiger partial charge on any atom is -0.348 e. The molecule has 2 aromatic carbocycles. The fraction of sp³-hybridized carbons (Fsp3) is 0.250. The number of hydrogen-bond donors (Lipinski definition) is 1. The first-order chi connectivity index (χ1) is 10.9. The van der Waals surface area contributed by atoms with Gasteiger partial charge in [-0.2, -0.15) is 0 Å². The van der Waals surface area contributed by atoms with E-state index >= 15 is 0 Å². The molecule has 1 heterocycles. The SMILES string of the molecule is Cc1cc(C)cc(C(=O)NCc2ccc3c(c2)cc(C)n3C)c1. The molecule has 0 aliphatic rings. The molecule has 0 fully saturated rings. The average molecular weight is 306 g/mol. The third kappa shape index (κ3) is 3.14. The number of nitrogens with one attached hydrogen (secondary N) is 1. The second-order valence-electron chi connectivity index (χ2n) is 6.30. The predicted octanol–water partition coefficient (Wildman–Crippen LogP) is 4.03. The second-order valence-corrected chi connectivity index (χ2v) is 6.30. The number of carbonyl (C=O) groups excluding carboxylic acids is 1. The highest BCUT2D eigenvalue weighted by Crippen LogP contribution is 2.19. The van der Waals surface area contributed by atoms with Crippen LogP contribution in [0.15, 0.2) is 42.5 Å². The molecule has 0 unspecified atom stereocenters. The normalized spacial score (nSPS) is 11.0. The highest BCUT2D eigenvalue weighted by atomic mass is 16.1. The highest BCUT2D eigenvalue weighted by Gasteiger charge is 2.08. The van der Waals surface area contributed by atoms with E-state index in [0.717, 1.165) is 22.3 Å². The Balaban J connectivity index is 1.76. The van der Waals surface area contributed by atoms with Crippen molar-refractivity contribution < 1.29 is 4.79 Å². The van der Waals surface area contributed by atoms with Gasteiger partial charge in [-0.05, 0) is 56.7 Å². The van der Waals surface area contributed by atoms with Crippen molar-refractivity contribution in [2.24, 2.45) is 7.05 Å². The largest absolute Gasteiger partial charge is 0.348 e. The molecule has 0 saturated carbocycles. The van der Waals surface area contributed by atoms with Gasteiger partial charge in [0.05, 0.1) is 0 Å². The predicted molar refractivity (Wildman–Crippen MR) is 94.7 cm³/mol. The molecule has 0 saturated heterocycles. The zero-order valence-electron chi connectivity index (χ0n) is 14.1. The van der Waals surface area contributed by atoms with Gasteiger partial charge in [-0.1, -0.05) is 23.3 Å². The Morgan fingerprint density at radius 1 is 1.00 bits per heavy atom. The average Bonchev–Trinajstić information content (AvgIpc) is 2.78. The van der Waals surface area contributed by atoms with E-state index in [1.807, 2.05) is 26.0 Å². The topological polar surface area (TPSA) is 34.0 Å². The molecule has 3 aromatic rings. The van der Waals surface area contributed by atoms with E-state index in [4.69, 9.17) is 0 Å². The zero-order valence-corrected chi connectivity index (χ0v) is 14.1. The van der Waals surface area contributed by atoms with Crippen LogP contribution in [0.3, 0.4) is 0 Å². The standard InChI is InChI=1S/C20H22N2O/c1-13-7-14(2)9-18(8-13)20(23)21-12-16-5-6-19-17(11-16)10-15(3)22(19)4/h5-11H,12H2,1-4H3,(H,21,23). The van der Waals surface area contributed by atoms with E-state index in [0.29, 0.717) is 6.54 Å². The molecule has 1 aromatic heterocycles. The van der Waals surface area contributed by atoms with E-state index in [1.54, 1.807) is 0 Å². The van der Waals surface area contributed by atoms with Crippen LogP contribution < -0.4 is 5.32 Å². The summed E-state index contributed by atoms with van der Waals surface area (Å²) in [6, 6.07) is 14.4. The number of carbonyl (C=O) groups is 1. The number of aryl methyl sites for hydroxylation is 4. The molecule has 23 heavy (non-hydrogen) atoms. The van der Waals surface area contributed by atoms with Crippen molar-refractivity contribution in [2.45, 2.75) is 27.3 Å². The van der Waals surface area contributed by atoms with Crippen LogP contribution in [0.2, 0.25) is 0 Å². The number of amides is 1. The first-order valence-corrected chi connectivity index (χ1v) is 7.85. The van der Waals surface area contributed by atoms with Crippen molar-refractivity contribution in [1.82, 2.24) is 9.88 Å². The highest BCUT2D eigenvalue weighted by molar-refractivity contribution is 5.94. The van der Waals surface area contributed by atoms with Crippen molar-refractivity contribution in [3.8, 4) is 0 Å². The Morgan fingerprint density at radius 2 is 1.70 bits per heavy atom. The van der Waals surface area contributed by atoms with Gasteiger partial charge >= 0.3 is 0 Å². The zero-order chi connectivity index (χ0) is 16.6. The number of hydrogen-bond acceptors (Lipinski definition) is 1. The Hall–Kier alpha value is -2.55. The summed E-state index contributed by atoms with van der Waals surface area (Å²) in [6.45, 7) is 6.65. The van der Waals surface area contributed by atoms with E-state index in [-0.39, 0.29) is 5.91 Å². The fourth-order valence-corrected chi connectivity index (χ4v) is 3.04. The van der Waals surface area contributed by atoms with Crippen molar-refractivity contribution >= 4 is 16.8 Å². The smallest absolute Gasteiger partial charge is 0.251 e. The van der Waals surface area contributed by atoms with E-state index < -0.39 is 0 Å². The van der Waals surface area contributed by atoms with E-state index in [9.17, 15) is 4.79 Å². The molecule has 0 atom stereocenters. The minimum atomic E-state index is -0.0267. The van der Waals surface area contributed by atoms with Crippen LogP contribution in [0.5, 0.6) is 0 Å². The summed E-state index contributed by atoms with van der Waals surface area (Å²) in [5, 5.41) is 4.22. The monoisotopic (exact) mass is 306 g/mol. The fourth-order valence-electron chi connectivity index (χ4n) is 3.04. The Bertz CT molecular complexity index is 870. The number of nitrogens with zero attached hydrogens (tertiary/aromatic N) is 1. The van der Waals surface area contributed by atoms with Crippen LogP contribution in [0.4, 0.5) is 0 Å². The van der Waals surface area contributed by atoms with Crippen LogP contribution in [0, 0.1) is 20.8 Å². The van der Waals surface area contributed by atoms with Gasteiger partial charge in [0.1, 0.15) is 0 Å². The molecule has 0 bridgehead atoms. The van der Waals surface area contributed by atoms with Gasteiger partial charge in [-0.3, -0.25) is 4.79 Å². The number of aromatic nitrogens is 1. The van der Waals surface area contributed by atoms with Crippen LogP contribution >= 0.6 is 0 Å². The van der Waals surface area contributed by atoms with Crippen LogP contribution in [-0.2, 0) is 13.6 Å². The minimum absolute atomic E-state index is 0.0267. The maximum Gasteiger partial charge on any atom is 0.251 e. The number of benzene rings is 2. The van der Waals surface area contributed by atoms with Crippen LogP contribution in [0.1, 0.15) is 32.7 Å². The van der Waals surface area contributed by atoms with Gasteiger partial charge in [-0.15, -0.1) is 0 Å². The van der Waals surface area contributed by atoms with Crippen LogP contribution in [0.25, 0.3) is 10.9 Å². The summed E-state index contributed by atoms with van der Waals surface area (Å²) in [5.74, 6) is -0.0267. The summed E-state index contributed by atoms with van der Waals surface area (Å²) in [6.07, 6.45) is 0. The number of fused-ring (bicyclic) bond motifs is 1. The summed E-state index contributed by atoms with van der Waals surface area (Å²) in [5.41, 5.74) is 6.50. The number of rotatable bonds is 3. The molecule has 3 nitrogen and oxygen atoms in total. The van der Waals surface area contributed by atoms with E-state index in [1.165, 1.54) is 16.6 Å². The van der Waals surface area contributed by atoms with E-state index in [2.05, 4.69) is 54.2 Å². The molecule has 0 aliphatic heterocycles. The third-order valence-electron chi connectivity index (χ3n) is 4.28. The first kappa shape index (κ1) is 15.3. The lowest BCUT2D eigenvalue weighted by atomic mass is 10.1. The van der Waals surface area contributed by atoms with Gasteiger partial charge in [0.25, 0.3) is 5.91 Å². The molecule has 0 radical (unpaired) electrons. The Morgan fingerprint density at radius 3 is 2.39 bits per heavy atom. The third-order valence-corrected chi connectivity index (χ3v) is 4.28. The summed E-state index contributed by atoms with van der Waals surface area (Å²) < 4.78 is 2.17. The maximum atomic E-state index is 12.3. The first-order valence-electron chi connectivity index (χ1n) is 7.85. The summed E-state index contributed by atoms with van der Waals surface area (Å²) >= 11 is 0. The lowest BCUT2D eigenvalue weighted by Gasteiger charge is -2.08. The molecule has 0 aliphatic carbocycles. The molecule has 3 heteroatoms. The lowest BCUT2D eigenvalue weighted by Crippen LogP contribution is -2.22. The Labute approximate surface area is 136 Å². The van der Waals surface area contributed by atoms with Crippen molar-refractivity contribution in [3.63, 3.8) is 0 Å². The molecular weight excluding hydrogens is 284 g/mol. The van der Waals surface area contributed by atoms with Crippen molar-refractivity contribution in [3.05, 3.63) is 70.4 Å². The van der Waals surface area contributed by atoms with Crippen molar-refractivity contribution in [2.75, 3.05) is 0 Å². The van der Waals surface area contributed by atoms with Crippen LogP contribution in [-0.4, -0.2) is 10.5 Å². The van der Waals surface area contributed by atoms with Gasteiger partial charge in [-0.25, -0.2) is 0 Å².